The second-order valence-corrected chi connectivity index (χ2v) is 4.60. The Hall–Kier alpha value is -2.56. The minimum Gasteiger partial charge on any atom is -0.493 e. The molecule has 0 fully saturated rings. The van der Waals surface area contributed by atoms with Crippen molar-refractivity contribution in [2.75, 3.05) is 26.6 Å². The van der Waals surface area contributed by atoms with E-state index in [9.17, 15) is 0 Å². The van der Waals surface area contributed by atoms with Gasteiger partial charge in [0.1, 0.15) is 5.75 Å². The standard InChI is InChI=1S/C16H17NO4/c1-18-13-8-10(9-14(19-2)15(13)20-3)16-17-11-6-4-5-7-12(11)21-16/h4-9,16-17H,1-3H3/t16-/m1/s1. The summed E-state index contributed by atoms with van der Waals surface area (Å²) in [5.74, 6) is 2.61. The van der Waals surface area contributed by atoms with Crippen LogP contribution in [0.4, 0.5) is 5.69 Å². The van der Waals surface area contributed by atoms with Gasteiger partial charge in [-0.15, -0.1) is 0 Å². The third kappa shape index (κ3) is 2.31. The number of anilines is 1. The van der Waals surface area contributed by atoms with Gasteiger partial charge in [-0.1, -0.05) is 12.1 Å². The molecule has 0 unspecified atom stereocenters. The SMILES string of the molecule is COc1cc([C@@H]2Nc3ccccc3O2)cc(OC)c1OC. The van der Waals surface area contributed by atoms with Gasteiger partial charge in [0.05, 0.1) is 27.0 Å². The molecule has 1 aliphatic heterocycles. The van der Waals surface area contributed by atoms with E-state index in [4.69, 9.17) is 18.9 Å². The summed E-state index contributed by atoms with van der Waals surface area (Å²) in [5.41, 5.74) is 1.87. The molecule has 2 aromatic rings. The van der Waals surface area contributed by atoms with Crippen molar-refractivity contribution in [3.05, 3.63) is 42.0 Å². The first-order chi connectivity index (χ1) is 10.3. The zero-order valence-electron chi connectivity index (χ0n) is 12.2. The van der Waals surface area contributed by atoms with Crippen LogP contribution in [-0.2, 0) is 0 Å². The predicted octanol–water partition coefficient (Wildman–Crippen LogP) is 3.22. The molecule has 1 heterocycles. The van der Waals surface area contributed by atoms with E-state index in [2.05, 4.69) is 5.32 Å². The van der Waals surface area contributed by atoms with Crippen molar-refractivity contribution in [1.29, 1.82) is 0 Å². The van der Waals surface area contributed by atoms with Gasteiger partial charge in [0.25, 0.3) is 0 Å². The van der Waals surface area contributed by atoms with Crippen molar-refractivity contribution in [2.45, 2.75) is 6.23 Å². The Bertz CT molecular complexity index is 606. The largest absolute Gasteiger partial charge is 0.493 e. The average Bonchev–Trinajstić information content (AvgIpc) is 2.97. The van der Waals surface area contributed by atoms with Gasteiger partial charge in [-0.25, -0.2) is 0 Å². The van der Waals surface area contributed by atoms with Crippen LogP contribution in [0.5, 0.6) is 23.0 Å². The first-order valence-electron chi connectivity index (χ1n) is 6.59. The van der Waals surface area contributed by atoms with E-state index in [1.807, 2.05) is 36.4 Å². The molecule has 0 amide bonds. The molecule has 110 valence electrons. The van der Waals surface area contributed by atoms with Gasteiger partial charge in [-0.05, 0) is 24.3 Å². The number of hydrogen-bond acceptors (Lipinski definition) is 5. The Labute approximate surface area is 123 Å². The van der Waals surface area contributed by atoms with Crippen molar-refractivity contribution < 1.29 is 18.9 Å². The van der Waals surface area contributed by atoms with Crippen molar-refractivity contribution in [1.82, 2.24) is 0 Å². The number of methoxy groups -OCH3 is 3. The van der Waals surface area contributed by atoms with E-state index in [1.54, 1.807) is 21.3 Å². The van der Waals surface area contributed by atoms with E-state index in [1.165, 1.54) is 0 Å². The van der Waals surface area contributed by atoms with E-state index >= 15 is 0 Å². The van der Waals surface area contributed by atoms with Crippen molar-refractivity contribution in [2.24, 2.45) is 0 Å². The smallest absolute Gasteiger partial charge is 0.203 e. The fourth-order valence-corrected chi connectivity index (χ4v) is 2.39. The van der Waals surface area contributed by atoms with Gasteiger partial charge in [0, 0.05) is 5.56 Å². The molecule has 0 radical (unpaired) electrons. The number of hydrogen-bond donors (Lipinski definition) is 1. The van der Waals surface area contributed by atoms with Gasteiger partial charge in [0.15, 0.2) is 17.7 Å². The highest BCUT2D eigenvalue weighted by Crippen LogP contribution is 2.43. The van der Waals surface area contributed by atoms with E-state index < -0.39 is 0 Å². The summed E-state index contributed by atoms with van der Waals surface area (Å²) in [6.45, 7) is 0. The van der Waals surface area contributed by atoms with E-state index in [0.29, 0.717) is 17.2 Å². The van der Waals surface area contributed by atoms with Crippen LogP contribution in [0.3, 0.4) is 0 Å². The molecule has 1 N–H and O–H groups in total. The molecular formula is C16H17NO4. The summed E-state index contributed by atoms with van der Waals surface area (Å²) >= 11 is 0. The van der Waals surface area contributed by atoms with Gasteiger partial charge >= 0.3 is 0 Å². The monoisotopic (exact) mass is 287 g/mol. The highest BCUT2D eigenvalue weighted by Gasteiger charge is 2.25. The number of para-hydroxylation sites is 2. The Morgan fingerprint density at radius 3 is 2.19 bits per heavy atom. The van der Waals surface area contributed by atoms with Crippen LogP contribution < -0.4 is 24.3 Å². The lowest BCUT2D eigenvalue weighted by Gasteiger charge is -2.17. The summed E-state index contributed by atoms with van der Waals surface area (Å²) in [7, 11) is 4.78. The van der Waals surface area contributed by atoms with Crippen LogP contribution in [0.25, 0.3) is 0 Å². The lowest BCUT2D eigenvalue weighted by molar-refractivity contribution is 0.256. The molecule has 0 saturated heterocycles. The molecule has 3 rings (SSSR count). The molecule has 5 nitrogen and oxygen atoms in total. The van der Waals surface area contributed by atoms with Crippen LogP contribution in [0.15, 0.2) is 36.4 Å². The molecule has 0 aromatic heterocycles. The first-order valence-corrected chi connectivity index (χ1v) is 6.59. The highest BCUT2D eigenvalue weighted by molar-refractivity contribution is 5.62. The molecule has 0 saturated carbocycles. The molecule has 0 aliphatic carbocycles. The van der Waals surface area contributed by atoms with Crippen molar-refractivity contribution >= 4 is 5.69 Å². The van der Waals surface area contributed by atoms with Crippen LogP contribution in [0, 0.1) is 0 Å². The van der Waals surface area contributed by atoms with E-state index in [0.717, 1.165) is 17.0 Å². The number of benzene rings is 2. The number of rotatable bonds is 4. The lowest BCUT2D eigenvalue weighted by Crippen LogP contribution is -2.11. The molecule has 0 bridgehead atoms. The maximum Gasteiger partial charge on any atom is 0.203 e. The zero-order valence-corrected chi connectivity index (χ0v) is 12.2. The summed E-state index contributed by atoms with van der Waals surface area (Å²) in [6.07, 6.45) is -0.281. The Morgan fingerprint density at radius 1 is 0.952 bits per heavy atom. The minimum absolute atomic E-state index is 0.281. The second-order valence-electron chi connectivity index (χ2n) is 4.60. The molecule has 21 heavy (non-hydrogen) atoms. The Balaban J connectivity index is 1.97. The maximum atomic E-state index is 5.90. The van der Waals surface area contributed by atoms with Crippen molar-refractivity contribution in [3.63, 3.8) is 0 Å². The number of nitrogens with one attached hydrogen (secondary N) is 1. The van der Waals surface area contributed by atoms with Crippen LogP contribution >= 0.6 is 0 Å². The third-order valence-corrected chi connectivity index (χ3v) is 3.41. The fraction of sp³-hybridized carbons (Fsp3) is 0.250. The van der Waals surface area contributed by atoms with Crippen LogP contribution in [-0.4, -0.2) is 21.3 Å². The summed E-state index contributed by atoms with van der Waals surface area (Å²) in [6, 6.07) is 11.6. The summed E-state index contributed by atoms with van der Waals surface area (Å²) < 4.78 is 22.0. The second kappa shape index (κ2) is 5.44. The van der Waals surface area contributed by atoms with Crippen molar-refractivity contribution in [3.8, 4) is 23.0 Å². The number of ether oxygens (including phenoxy) is 4. The molecule has 2 aromatic carbocycles. The van der Waals surface area contributed by atoms with Gasteiger partial charge in [-0.3, -0.25) is 0 Å². The van der Waals surface area contributed by atoms with E-state index in [-0.39, 0.29) is 6.23 Å². The van der Waals surface area contributed by atoms with Crippen LogP contribution in [0.2, 0.25) is 0 Å². The average molecular weight is 287 g/mol. The van der Waals surface area contributed by atoms with Gasteiger partial charge in [0.2, 0.25) is 5.75 Å². The molecule has 5 heteroatoms. The minimum atomic E-state index is -0.281. The third-order valence-electron chi connectivity index (χ3n) is 3.41. The highest BCUT2D eigenvalue weighted by atomic mass is 16.5. The molecule has 0 spiro atoms. The fourth-order valence-electron chi connectivity index (χ4n) is 2.39. The molecule has 1 atom stereocenters. The normalized spacial score (nSPS) is 15.7. The molecule has 1 aliphatic rings. The summed E-state index contributed by atoms with van der Waals surface area (Å²) in [5, 5.41) is 3.32. The molecular weight excluding hydrogens is 270 g/mol. The van der Waals surface area contributed by atoms with Gasteiger partial charge in [-0.2, -0.15) is 0 Å². The quantitative estimate of drug-likeness (QED) is 0.935. The Kier molecular flexibility index (Phi) is 3.48. The zero-order chi connectivity index (χ0) is 14.8. The lowest BCUT2D eigenvalue weighted by atomic mass is 10.1. The number of fused-ring (bicyclic) bond motifs is 1. The summed E-state index contributed by atoms with van der Waals surface area (Å²) in [4.78, 5) is 0. The van der Waals surface area contributed by atoms with Gasteiger partial charge < -0.3 is 24.3 Å². The predicted molar refractivity (Wildman–Crippen MR) is 79.5 cm³/mol. The topological polar surface area (TPSA) is 49.0 Å². The maximum absolute atomic E-state index is 5.90. The Morgan fingerprint density at radius 2 is 1.62 bits per heavy atom. The first kappa shape index (κ1) is 13.4. The van der Waals surface area contributed by atoms with Crippen LogP contribution in [0.1, 0.15) is 11.8 Å².